The summed E-state index contributed by atoms with van der Waals surface area (Å²) in [4.78, 5) is 28.4. The van der Waals surface area contributed by atoms with Crippen LogP contribution in [0.15, 0.2) is 28.2 Å². The number of rotatable bonds is 5. The van der Waals surface area contributed by atoms with Crippen molar-refractivity contribution in [1.29, 1.82) is 0 Å². The van der Waals surface area contributed by atoms with Gasteiger partial charge in [0.15, 0.2) is 5.16 Å². The average molecular weight is 326 g/mol. The lowest BCUT2D eigenvalue weighted by Gasteiger charge is -2.12. The number of aromatic nitrogens is 2. The molecule has 2 aromatic rings. The van der Waals surface area contributed by atoms with E-state index in [4.69, 9.17) is 11.6 Å². The molecule has 0 bridgehead atoms. The number of fused-ring (bicyclic) bond motifs is 1. The highest BCUT2D eigenvalue weighted by Gasteiger charge is 2.12. The Hall–Kier alpha value is -1.53. The molecule has 0 aliphatic rings. The molecule has 5 nitrogen and oxygen atoms in total. The van der Waals surface area contributed by atoms with Crippen LogP contribution in [0.1, 0.15) is 13.3 Å². The van der Waals surface area contributed by atoms with Crippen molar-refractivity contribution in [2.45, 2.75) is 25.0 Å². The maximum Gasteiger partial charge on any atom is 0.262 e. The summed E-state index contributed by atoms with van der Waals surface area (Å²) in [7, 11) is 1.58. The lowest BCUT2D eigenvalue weighted by Crippen LogP contribution is -2.25. The van der Waals surface area contributed by atoms with Crippen LogP contribution in [0.5, 0.6) is 0 Å². The van der Waals surface area contributed by atoms with Gasteiger partial charge in [-0.1, -0.05) is 30.3 Å². The first-order chi connectivity index (χ1) is 10.1. The molecular weight excluding hydrogens is 310 g/mol. The number of nitrogens with one attached hydrogen (secondary N) is 1. The zero-order chi connectivity index (χ0) is 15.4. The number of benzene rings is 1. The van der Waals surface area contributed by atoms with Crippen molar-refractivity contribution in [3.8, 4) is 0 Å². The first kappa shape index (κ1) is 15.9. The van der Waals surface area contributed by atoms with Crippen molar-refractivity contribution in [1.82, 2.24) is 14.9 Å². The summed E-state index contributed by atoms with van der Waals surface area (Å²) in [5.74, 6) is 0.113. The van der Waals surface area contributed by atoms with Crippen molar-refractivity contribution in [3.05, 3.63) is 33.6 Å². The van der Waals surface area contributed by atoms with Crippen LogP contribution in [0.2, 0.25) is 5.02 Å². The molecule has 1 aromatic carbocycles. The fourth-order valence-corrected chi connectivity index (χ4v) is 2.97. The van der Waals surface area contributed by atoms with E-state index in [0.717, 1.165) is 6.42 Å². The zero-order valence-electron chi connectivity index (χ0n) is 11.9. The quantitative estimate of drug-likeness (QED) is 0.676. The van der Waals surface area contributed by atoms with Gasteiger partial charge in [0.25, 0.3) is 5.56 Å². The molecule has 1 N–H and O–H groups in total. The molecule has 0 unspecified atom stereocenters. The minimum atomic E-state index is -0.108. The lowest BCUT2D eigenvalue weighted by atomic mass is 10.2. The molecule has 7 heteroatoms. The molecule has 112 valence electrons. The predicted molar refractivity (Wildman–Crippen MR) is 86.1 cm³/mol. The van der Waals surface area contributed by atoms with E-state index in [0.29, 0.717) is 27.6 Å². The van der Waals surface area contributed by atoms with Crippen LogP contribution in [0.25, 0.3) is 10.9 Å². The first-order valence-corrected chi connectivity index (χ1v) is 7.96. The van der Waals surface area contributed by atoms with Crippen LogP contribution < -0.4 is 10.9 Å². The predicted octanol–water partition coefficient (Wildman–Crippen LogP) is 2.30. The monoisotopic (exact) mass is 325 g/mol. The summed E-state index contributed by atoms with van der Waals surface area (Å²) in [6.45, 7) is 2.56. The third-order valence-corrected chi connectivity index (χ3v) is 4.15. The van der Waals surface area contributed by atoms with Crippen LogP contribution in [-0.2, 0) is 11.3 Å². The Bertz CT molecular complexity index is 730. The average Bonchev–Trinajstić information content (AvgIpc) is 2.47. The maximum absolute atomic E-state index is 12.5. The van der Waals surface area contributed by atoms with E-state index in [9.17, 15) is 9.59 Å². The molecule has 0 aliphatic heterocycles. The fourth-order valence-electron chi connectivity index (χ4n) is 1.91. The summed E-state index contributed by atoms with van der Waals surface area (Å²) in [5.41, 5.74) is 0.456. The number of amides is 1. The molecule has 1 amide bonds. The molecule has 0 fully saturated rings. The molecule has 0 atom stereocenters. The van der Waals surface area contributed by atoms with E-state index in [2.05, 4.69) is 10.3 Å². The van der Waals surface area contributed by atoms with Crippen molar-refractivity contribution >= 4 is 40.2 Å². The summed E-state index contributed by atoms with van der Waals surface area (Å²) in [6, 6.07) is 5.03. The standard InChI is InChI=1S/C14H16ClN3O2S/c1-3-6-18-13(20)10-5-4-9(15)7-11(10)17-14(18)21-8-12(19)16-2/h4-5,7H,3,6,8H2,1-2H3,(H,16,19). The first-order valence-electron chi connectivity index (χ1n) is 6.60. The lowest BCUT2D eigenvalue weighted by molar-refractivity contribution is -0.118. The van der Waals surface area contributed by atoms with Crippen LogP contribution in [-0.4, -0.2) is 28.3 Å². The Labute approximate surface area is 131 Å². The van der Waals surface area contributed by atoms with Gasteiger partial charge in [-0.25, -0.2) is 4.98 Å². The van der Waals surface area contributed by atoms with Crippen LogP contribution in [0.3, 0.4) is 0 Å². The molecular formula is C14H16ClN3O2S. The number of thioether (sulfide) groups is 1. The van der Waals surface area contributed by atoms with Gasteiger partial charge < -0.3 is 5.32 Å². The highest BCUT2D eigenvalue weighted by atomic mass is 35.5. The molecule has 0 radical (unpaired) electrons. The minimum absolute atomic E-state index is 0.0991. The Balaban J connectivity index is 2.52. The van der Waals surface area contributed by atoms with Crippen molar-refractivity contribution < 1.29 is 4.79 Å². The second-order valence-corrected chi connectivity index (χ2v) is 5.85. The van der Waals surface area contributed by atoms with E-state index in [-0.39, 0.29) is 17.2 Å². The number of carbonyl (C=O) groups excluding carboxylic acids is 1. The van der Waals surface area contributed by atoms with Gasteiger partial charge in [0, 0.05) is 18.6 Å². The van der Waals surface area contributed by atoms with E-state index in [1.807, 2.05) is 6.92 Å². The molecule has 1 aromatic heterocycles. The molecule has 0 aliphatic carbocycles. The number of hydrogen-bond acceptors (Lipinski definition) is 4. The van der Waals surface area contributed by atoms with Crippen LogP contribution in [0, 0.1) is 0 Å². The number of hydrogen-bond donors (Lipinski definition) is 1. The highest BCUT2D eigenvalue weighted by Crippen LogP contribution is 2.20. The zero-order valence-corrected chi connectivity index (χ0v) is 13.4. The molecule has 0 saturated heterocycles. The second kappa shape index (κ2) is 6.95. The fraction of sp³-hybridized carbons (Fsp3) is 0.357. The smallest absolute Gasteiger partial charge is 0.262 e. The van der Waals surface area contributed by atoms with Gasteiger partial charge in [-0.15, -0.1) is 0 Å². The van der Waals surface area contributed by atoms with E-state index < -0.39 is 0 Å². The third kappa shape index (κ3) is 3.57. The molecule has 21 heavy (non-hydrogen) atoms. The normalized spacial score (nSPS) is 10.8. The maximum atomic E-state index is 12.5. The van der Waals surface area contributed by atoms with Gasteiger partial charge in [-0.3, -0.25) is 14.2 Å². The minimum Gasteiger partial charge on any atom is -0.358 e. The SMILES string of the molecule is CCCn1c(SCC(=O)NC)nc2cc(Cl)ccc2c1=O. The summed E-state index contributed by atoms with van der Waals surface area (Å²) in [5, 5.41) is 4.16. The topological polar surface area (TPSA) is 64.0 Å². The molecule has 0 saturated carbocycles. The Morgan fingerprint density at radius 1 is 1.48 bits per heavy atom. The molecule has 1 heterocycles. The van der Waals surface area contributed by atoms with Crippen molar-refractivity contribution in [2.75, 3.05) is 12.8 Å². The highest BCUT2D eigenvalue weighted by molar-refractivity contribution is 7.99. The summed E-state index contributed by atoms with van der Waals surface area (Å²) >= 11 is 7.21. The van der Waals surface area contributed by atoms with Gasteiger partial charge >= 0.3 is 0 Å². The summed E-state index contributed by atoms with van der Waals surface area (Å²) in [6.07, 6.45) is 0.814. The number of carbonyl (C=O) groups is 1. The Kier molecular flexibility index (Phi) is 5.25. The van der Waals surface area contributed by atoms with Gasteiger partial charge in [-0.05, 0) is 24.6 Å². The second-order valence-electron chi connectivity index (χ2n) is 4.47. The Morgan fingerprint density at radius 3 is 2.90 bits per heavy atom. The van der Waals surface area contributed by atoms with E-state index in [1.165, 1.54) is 11.8 Å². The van der Waals surface area contributed by atoms with Gasteiger partial charge in [0.1, 0.15) is 0 Å². The number of nitrogens with zero attached hydrogens (tertiary/aromatic N) is 2. The van der Waals surface area contributed by atoms with E-state index >= 15 is 0 Å². The van der Waals surface area contributed by atoms with Crippen molar-refractivity contribution in [2.24, 2.45) is 0 Å². The van der Waals surface area contributed by atoms with Gasteiger partial charge in [0.05, 0.1) is 16.7 Å². The Morgan fingerprint density at radius 2 is 2.24 bits per heavy atom. The molecule has 2 rings (SSSR count). The van der Waals surface area contributed by atoms with Gasteiger partial charge in [-0.2, -0.15) is 0 Å². The van der Waals surface area contributed by atoms with Crippen LogP contribution >= 0.6 is 23.4 Å². The van der Waals surface area contributed by atoms with Crippen molar-refractivity contribution in [3.63, 3.8) is 0 Å². The largest absolute Gasteiger partial charge is 0.358 e. The summed E-state index contributed by atoms with van der Waals surface area (Å²) < 4.78 is 1.61. The van der Waals surface area contributed by atoms with Gasteiger partial charge in [0.2, 0.25) is 5.91 Å². The van der Waals surface area contributed by atoms with Crippen LogP contribution in [0.4, 0.5) is 0 Å². The molecule has 0 spiro atoms. The third-order valence-electron chi connectivity index (χ3n) is 2.94. The van der Waals surface area contributed by atoms with E-state index in [1.54, 1.807) is 29.8 Å². The number of halogens is 1.